The lowest BCUT2D eigenvalue weighted by molar-refractivity contribution is 0.0208. The van der Waals surface area contributed by atoms with Crippen LogP contribution in [-0.4, -0.2) is 26.4 Å². The topological polar surface area (TPSA) is 84.5 Å². The lowest BCUT2D eigenvalue weighted by atomic mass is 9.92. The Morgan fingerprint density at radius 3 is 1.86 bits per heavy atom. The second-order valence-electron chi connectivity index (χ2n) is 4.48. The van der Waals surface area contributed by atoms with Crippen molar-refractivity contribution < 1.29 is 16.2 Å². The van der Waals surface area contributed by atoms with Crippen LogP contribution in [0.3, 0.4) is 0 Å². The van der Waals surface area contributed by atoms with Crippen LogP contribution < -0.4 is 4.74 Å². The highest BCUT2D eigenvalue weighted by Gasteiger charge is 2.33. The van der Waals surface area contributed by atoms with E-state index in [1.54, 1.807) is 12.1 Å². The number of nitriles is 2. The molecule has 6 nitrogen and oxygen atoms in total. The quantitative estimate of drug-likeness (QED) is 0.515. The van der Waals surface area contributed by atoms with Crippen LogP contribution >= 0.6 is 48.8 Å². The number of hydrogen-bond donors (Lipinski definition) is 0. The molecule has 1 aromatic rings. The smallest absolute Gasteiger partial charge is 0.120 e. The van der Waals surface area contributed by atoms with Crippen molar-refractivity contribution in [1.82, 2.24) is 0 Å². The van der Waals surface area contributed by atoms with Gasteiger partial charge in [0, 0.05) is 0 Å². The highest BCUT2D eigenvalue weighted by molar-refractivity contribution is 9.06. The highest BCUT2D eigenvalue weighted by atomic mass is 79.9. The molecule has 0 aliphatic rings. The fraction of sp³-hybridized carbons (Fsp3) is 0.385. The van der Waals surface area contributed by atoms with Gasteiger partial charge in [-0.1, -0.05) is 0 Å². The average Bonchev–Trinajstić information content (AvgIpc) is 2.53. The fourth-order valence-corrected chi connectivity index (χ4v) is 3.09. The second-order valence-corrected chi connectivity index (χ2v) is 5.85. The molecule has 0 heterocycles. The Labute approximate surface area is 154 Å². The molecular weight excluding hydrogens is 488 g/mol. The van der Waals surface area contributed by atoms with Crippen molar-refractivity contribution in [1.29, 1.82) is 10.5 Å². The lowest BCUT2D eigenvalue weighted by Gasteiger charge is -2.29. The monoisotopic (exact) mass is 496 g/mol. The molecule has 9 heteroatoms. The van der Waals surface area contributed by atoms with Crippen molar-refractivity contribution >= 4 is 48.8 Å². The predicted molar refractivity (Wildman–Crippen MR) is 88.4 cm³/mol. The normalized spacial score (nSPS) is 10.8. The van der Waals surface area contributed by atoms with E-state index in [-0.39, 0.29) is 32.0 Å². The van der Waals surface area contributed by atoms with Crippen molar-refractivity contribution in [2.24, 2.45) is 5.41 Å². The van der Waals surface area contributed by atoms with Gasteiger partial charge in [0.05, 0.1) is 85.1 Å². The number of ether oxygens (including phenoxy) is 1. The first-order valence-corrected chi connectivity index (χ1v) is 7.86. The standard InChI is InChI=1S/C13H11Br3N2O4/c14-20-7-13(8-21-15,9-22-16)6-19-12-2-1-10(4-17)11(3-12)5-18/h1-3H,6-9H2. The van der Waals surface area contributed by atoms with Crippen molar-refractivity contribution in [2.75, 3.05) is 26.4 Å². The minimum Gasteiger partial charge on any atom is -0.493 e. The van der Waals surface area contributed by atoms with Gasteiger partial charge in [-0.15, -0.1) is 0 Å². The number of nitrogens with zero attached hydrogens (tertiary/aromatic N) is 2. The third kappa shape index (κ3) is 5.51. The predicted octanol–water partition coefficient (Wildman–Crippen LogP) is 3.77. The zero-order valence-corrected chi connectivity index (χ0v) is 16.0. The third-order valence-corrected chi connectivity index (χ3v) is 3.55. The summed E-state index contributed by atoms with van der Waals surface area (Å²) in [5, 5.41) is 17.9. The molecule has 22 heavy (non-hydrogen) atoms. The van der Waals surface area contributed by atoms with E-state index >= 15 is 0 Å². The maximum absolute atomic E-state index is 9.02. The van der Waals surface area contributed by atoms with E-state index in [4.69, 9.17) is 26.7 Å². The summed E-state index contributed by atoms with van der Waals surface area (Å²) in [4.78, 5) is 0. The van der Waals surface area contributed by atoms with Crippen LogP contribution in [0.5, 0.6) is 5.75 Å². The molecule has 118 valence electrons. The first-order chi connectivity index (χ1) is 10.6. The van der Waals surface area contributed by atoms with Crippen molar-refractivity contribution in [2.45, 2.75) is 0 Å². The van der Waals surface area contributed by atoms with Gasteiger partial charge in [-0.2, -0.15) is 10.5 Å². The van der Waals surface area contributed by atoms with Gasteiger partial charge in [-0.3, -0.25) is 0 Å². The Hall–Kier alpha value is -0.680. The molecule has 0 bridgehead atoms. The third-order valence-electron chi connectivity index (χ3n) is 2.86. The zero-order chi connectivity index (χ0) is 16.4. The summed E-state index contributed by atoms with van der Waals surface area (Å²) in [5.74, 6) is 0.471. The van der Waals surface area contributed by atoms with Gasteiger partial charge in [0.1, 0.15) is 24.5 Å². The van der Waals surface area contributed by atoms with Gasteiger partial charge >= 0.3 is 0 Å². The fourth-order valence-electron chi connectivity index (χ4n) is 1.64. The summed E-state index contributed by atoms with van der Waals surface area (Å²) < 4.78 is 20.8. The van der Waals surface area contributed by atoms with Crippen LogP contribution in [0.2, 0.25) is 0 Å². The summed E-state index contributed by atoms with van der Waals surface area (Å²) in [6.45, 7) is 1.02. The first kappa shape index (κ1) is 19.4. The molecule has 0 spiro atoms. The number of rotatable bonds is 9. The van der Waals surface area contributed by atoms with E-state index in [0.717, 1.165) is 0 Å². The average molecular weight is 499 g/mol. The van der Waals surface area contributed by atoms with Gasteiger partial charge in [-0.25, -0.2) is 0 Å². The SMILES string of the molecule is N#Cc1ccc(OCC(COBr)(COBr)COBr)cc1C#N. The van der Waals surface area contributed by atoms with Crippen LogP contribution in [-0.2, 0) is 11.5 Å². The van der Waals surface area contributed by atoms with Gasteiger partial charge in [0.25, 0.3) is 0 Å². The highest BCUT2D eigenvalue weighted by Crippen LogP contribution is 2.25. The molecule has 0 unspecified atom stereocenters. The van der Waals surface area contributed by atoms with Crippen LogP contribution in [0.1, 0.15) is 11.1 Å². The van der Waals surface area contributed by atoms with Crippen LogP contribution in [0, 0.1) is 28.1 Å². The summed E-state index contributed by atoms with van der Waals surface area (Å²) >= 11 is 8.75. The Morgan fingerprint density at radius 2 is 1.41 bits per heavy atom. The Bertz CT molecular complexity index is 554. The first-order valence-electron chi connectivity index (χ1n) is 5.92. The Balaban J connectivity index is 2.88. The van der Waals surface area contributed by atoms with E-state index in [2.05, 4.69) is 48.8 Å². The molecule has 0 radical (unpaired) electrons. The lowest BCUT2D eigenvalue weighted by Crippen LogP contribution is -2.40. The maximum Gasteiger partial charge on any atom is 0.120 e. The molecule has 0 amide bonds. The van der Waals surface area contributed by atoms with Gasteiger partial charge < -0.3 is 16.2 Å². The van der Waals surface area contributed by atoms with Gasteiger partial charge in [-0.05, 0) is 18.2 Å². The van der Waals surface area contributed by atoms with Crippen molar-refractivity contribution in [3.8, 4) is 17.9 Å². The largest absolute Gasteiger partial charge is 0.493 e. The summed E-state index contributed by atoms with van der Waals surface area (Å²) in [7, 11) is 0. The molecule has 1 rings (SSSR count). The summed E-state index contributed by atoms with van der Waals surface area (Å²) in [6, 6.07) is 8.60. The van der Waals surface area contributed by atoms with Gasteiger partial charge in [0.15, 0.2) is 0 Å². The van der Waals surface area contributed by atoms with Crippen LogP contribution in [0.15, 0.2) is 18.2 Å². The minimum atomic E-state index is -0.586. The van der Waals surface area contributed by atoms with E-state index in [1.807, 2.05) is 12.1 Å². The molecule has 0 atom stereocenters. The van der Waals surface area contributed by atoms with Crippen LogP contribution in [0.4, 0.5) is 0 Å². The molecule has 0 fully saturated rings. The van der Waals surface area contributed by atoms with Gasteiger partial charge in [0.2, 0.25) is 0 Å². The number of benzene rings is 1. The number of halogens is 3. The van der Waals surface area contributed by atoms with E-state index in [0.29, 0.717) is 11.3 Å². The van der Waals surface area contributed by atoms with Crippen molar-refractivity contribution in [3.63, 3.8) is 0 Å². The molecule has 0 aromatic heterocycles. The van der Waals surface area contributed by atoms with Crippen LogP contribution in [0.25, 0.3) is 0 Å². The minimum absolute atomic E-state index is 0.215. The van der Waals surface area contributed by atoms with E-state index in [9.17, 15) is 0 Å². The molecule has 0 saturated carbocycles. The maximum atomic E-state index is 9.02. The molecule has 0 aliphatic heterocycles. The molecule has 0 aliphatic carbocycles. The van der Waals surface area contributed by atoms with Crippen molar-refractivity contribution in [3.05, 3.63) is 29.3 Å². The second kappa shape index (κ2) is 10.2. The van der Waals surface area contributed by atoms with E-state index in [1.165, 1.54) is 6.07 Å². The Kier molecular flexibility index (Phi) is 8.95. The Morgan fingerprint density at radius 1 is 0.864 bits per heavy atom. The molecule has 0 N–H and O–H groups in total. The molecule has 1 aromatic carbocycles. The zero-order valence-electron chi connectivity index (χ0n) is 11.2. The molecule has 0 saturated heterocycles. The molecular formula is C13H11Br3N2O4. The van der Waals surface area contributed by atoms with E-state index < -0.39 is 5.41 Å². The number of hydrogen-bond acceptors (Lipinski definition) is 6. The summed E-state index contributed by atoms with van der Waals surface area (Å²) in [5.41, 5.74) is -0.0229. The summed E-state index contributed by atoms with van der Waals surface area (Å²) in [6.07, 6.45) is 0.